The van der Waals surface area contributed by atoms with Gasteiger partial charge >= 0.3 is 0 Å². The van der Waals surface area contributed by atoms with Crippen molar-refractivity contribution < 1.29 is 0 Å². The predicted octanol–water partition coefficient (Wildman–Crippen LogP) is 5.43. The SMILES string of the molecule is CCCCCCC(CC(C)C)Sc1ncccc1C#N. The highest BCUT2D eigenvalue weighted by Crippen LogP contribution is 2.31. The van der Waals surface area contributed by atoms with Gasteiger partial charge in [-0.15, -0.1) is 11.8 Å². The normalized spacial score (nSPS) is 12.3. The lowest BCUT2D eigenvalue weighted by molar-refractivity contribution is 0.524. The Morgan fingerprint density at radius 3 is 2.75 bits per heavy atom. The summed E-state index contributed by atoms with van der Waals surface area (Å²) in [5.74, 6) is 0.688. The Kier molecular flexibility index (Phi) is 8.37. The van der Waals surface area contributed by atoms with Crippen molar-refractivity contribution in [1.29, 1.82) is 5.26 Å². The Hall–Kier alpha value is -1.01. The van der Waals surface area contributed by atoms with Crippen LogP contribution in [0.15, 0.2) is 23.4 Å². The second-order valence-electron chi connectivity index (χ2n) is 5.69. The quantitative estimate of drug-likeness (QED) is 0.449. The molecule has 1 atom stereocenters. The van der Waals surface area contributed by atoms with E-state index in [0.717, 1.165) is 5.03 Å². The third kappa shape index (κ3) is 6.43. The molecule has 110 valence electrons. The van der Waals surface area contributed by atoms with E-state index >= 15 is 0 Å². The van der Waals surface area contributed by atoms with E-state index in [1.807, 2.05) is 12.1 Å². The molecule has 0 N–H and O–H groups in total. The number of nitriles is 1. The van der Waals surface area contributed by atoms with Crippen LogP contribution in [0.2, 0.25) is 0 Å². The first-order valence-corrected chi connectivity index (χ1v) is 8.57. The van der Waals surface area contributed by atoms with Gasteiger partial charge in [0.25, 0.3) is 0 Å². The highest BCUT2D eigenvalue weighted by atomic mass is 32.2. The summed E-state index contributed by atoms with van der Waals surface area (Å²) in [6, 6.07) is 5.94. The summed E-state index contributed by atoms with van der Waals surface area (Å²) in [7, 11) is 0. The molecule has 0 fully saturated rings. The Balaban J connectivity index is 2.61. The van der Waals surface area contributed by atoms with Crippen LogP contribution in [-0.4, -0.2) is 10.2 Å². The van der Waals surface area contributed by atoms with Gasteiger partial charge in [-0.25, -0.2) is 4.98 Å². The Morgan fingerprint density at radius 1 is 1.30 bits per heavy atom. The monoisotopic (exact) mass is 290 g/mol. The Bertz CT molecular complexity index is 423. The summed E-state index contributed by atoms with van der Waals surface area (Å²) in [4.78, 5) is 4.38. The summed E-state index contributed by atoms with van der Waals surface area (Å²) in [5.41, 5.74) is 0.708. The molecule has 1 unspecified atom stereocenters. The molecule has 1 aromatic rings. The molecule has 0 radical (unpaired) electrons. The zero-order valence-corrected chi connectivity index (χ0v) is 13.7. The molecule has 1 rings (SSSR count). The number of hydrogen-bond donors (Lipinski definition) is 0. The molecule has 0 amide bonds. The molecule has 0 saturated heterocycles. The van der Waals surface area contributed by atoms with Crippen molar-refractivity contribution in [2.24, 2.45) is 5.92 Å². The zero-order valence-electron chi connectivity index (χ0n) is 12.9. The van der Waals surface area contributed by atoms with Crippen molar-refractivity contribution in [3.8, 4) is 6.07 Å². The Morgan fingerprint density at radius 2 is 2.10 bits per heavy atom. The number of pyridine rings is 1. The fraction of sp³-hybridized carbons (Fsp3) is 0.647. The number of nitrogens with zero attached hydrogens (tertiary/aromatic N) is 2. The second-order valence-corrected chi connectivity index (χ2v) is 6.98. The minimum absolute atomic E-state index is 0.578. The summed E-state index contributed by atoms with van der Waals surface area (Å²) >= 11 is 1.79. The van der Waals surface area contributed by atoms with Gasteiger partial charge in [0, 0.05) is 11.4 Å². The molecule has 0 bridgehead atoms. The first-order chi connectivity index (χ1) is 9.67. The lowest BCUT2D eigenvalue weighted by atomic mass is 10.0. The van der Waals surface area contributed by atoms with E-state index in [1.165, 1.54) is 38.5 Å². The number of thioether (sulfide) groups is 1. The molecule has 0 spiro atoms. The van der Waals surface area contributed by atoms with Crippen LogP contribution >= 0.6 is 11.8 Å². The maximum atomic E-state index is 9.16. The molecule has 1 heterocycles. The van der Waals surface area contributed by atoms with Crippen molar-refractivity contribution in [3.63, 3.8) is 0 Å². The van der Waals surface area contributed by atoms with Gasteiger partial charge in [-0.05, 0) is 30.9 Å². The lowest BCUT2D eigenvalue weighted by Gasteiger charge is -2.18. The van der Waals surface area contributed by atoms with Crippen LogP contribution in [0, 0.1) is 17.2 Å². The first kappa shape index (κ1) is 17.0. The minimum Gasteiger partial charge on any atom is -0.249 e. The van der Waals surface area contributed by atoms with Crippen LogP contribution in [0.4, 0.5) is 0 Å². The summed E-state index contributed by atoms with van der Waals surface area (Å²) < 4.78 is 0. The molecule has 0 aromatic carbocycles. The van der Waals surface area contributed by atoms with Gasteiger partial charge in [-0.3, -0.25) is 0 Å². The van der Waals surface area contributed by atoms with Gasteiger partial charge in [-0.1, -0.05) is 46.5 Å². The first-order valence-electron chi connectivity index (χ1n) is 7.69. The lowest BCUT2D eigenvalue weighted by Crippen LogP contribution is -2.08. The van der Waals surface area contributed by atoms with Crippen LogP contribution in [0.3, 0.4) is 0 Å². The molecule has 0 aliphatic rings. The summed E-state index contributed by atoms with van der Waals surface area (Å²) in [6.45, 7) is 6.78. The van der Waals surface area contributed by atoms with E-state index in [4.69, 9.17) is 5.26 Å². The minimum atomic E-state index is 0.578. The third-order valence-electron chi connectivity index (χ3n) is 3.28. The third-order valence-corrected chi connectivity index (χ3v) is 4.59. The molecular formula is C17H26N2S. The van der Waals surface area contributed by atoms with E-state index in [2.05, 4.69) is 31.8 Å². The molecule has 20 heavy (non-hydrogen) atoms. The van der Waals surface area contributed by atoms with E-state index in [9.17, 15) is 0 Å². The van der Waals surface area contributed by atoms with Crippen LogP contribution < -0.4 is 0 Å². The van der Waals surface area contributed by atoms with Gasteiger partial charge < -0.3 is 0 Å². The fourth-order valence-electron chi connectivity index (χ4n) is 2.28. The van der Waals surface area contributed by atoms with Crippen molar-refractivity contribution in [2.75, 3.05) is 0 Å². The summed E-state index contributed by atoms with van der Waals surface area (Å²) in [6.07, 6.45) is 9.41. The van der Waals surface area contributed by atoms with E-state index in [-0.39, 0.29) is 0 Å². The van der Waals surface area contributed by atoms with Crippen LogP contribution in [0.25, 0.3) is 0 Å². The maximum Gasteiger partial charge on any atom is 0.114 e. The maximum absolute atomic E-state index is 9.16. The largest absolute Gasteiger partial charge is 0.249 e. The number of rotatable bonds is 9. The predicted molar refractivity (Wildman–Crippen MR) is 86.8 cm³/mol. The molecule has 0 aliphatic heterocycles. The van der Waals surface area contributed by atoms with E-state index in [0.29, 0.717) is 16.7 Å². The Labute approximate surface area is 128 Å². The molecule has 3 heteroatoms. The number of hydrogen-bond acceptors (Lipinski definition) is 3. The van der Waals surface area contributed by atoms with Crippen LogP contribution in [0.5, 0.6) is 0 Å². The van der Waals surface area contributed by atoms with Crippen molar-refractivity contribution in [1.82, 2.24) is 4.98 Å². The summed E-state index contributed by atoms with van der Waals surface area (Å²) in [5, 5.41) is 10.6. The van der Waals surface area contributed by atoms with E-state index in [1.54, 1.807) is 18.0 Å². The number of aromatic nitrogens is 1. The van der Waals surface area contributed by atoms with Gasteiger partial charge in [-0.2, -0.15) is 5.26 Å². The van der Waals surface area contributed by atoms with Crippen molar-refractivity contribution >= 4 is 11.8 Å². The van der Waals surface area contributed by atoms with Gasteiger partial charge in [0.15, 0.2) is 0 Å². The second kappa shape index (κ2) is 9.83. The zero-order chi connectivity index (χ0) is 14.8. The highest BCUT2D eigenvalue weighted by Gasteiger charge is 2.15. The number of unbranched alkanes of at least 4 members (excludes halogenated alkanes) is 3. The molecule has 0 aliphatic carbocycles. The van der Waals surface area contributed by atoms with E-state index < -0.39 is 0 Å². The molecule has 2 nitrogen and oxygen atoms in total. The average molecular weight is 290 g/mol. The standard InChI is InChI=1S/C17H26N2S/c1-4-5-6-7-10-16(12-14(2)3)20-17-15(13-18)9-8-11-19-17/h8-9,11,14,16H,4-7,10,12H2,1-3H3. The highest BCUT2D eigenvalue weighted by molar-refractivity contribution is 7.99. The van der Waals surface area contributed by atoms with Gasteiger partial charge in [0.1, 0.15) is 11.1 Å². The van der Waals surface area contributed by atoms with Crippen molar-refractivity contribution in [3.05, 3.63) is 23.9 Å². The smallest absolute Gasteiger partial charge is 0.114 e. The molecule has 1 aromatic heterocycles. The van der Waals surface area contributed by atoms with Crippen molar-refractivity contribution in [2.45, 2.75) is 69.6 Å². The topological polar surface area (TPSA) is 36.7 Å². The van der Waals surface area contributed by atoms with Gasteiger partial charge in [0.05, 0.1) is 5.56 Å². The average Bonchev–Trinajstić information content (AvgIpc) is 2.43. The molecule has 0 saturated carbocycles. The molecular weight excluding hydrogens is 264 g/mol. The van der Waals surface area contributed by atoms with Gasteiger partial charge in [0.2, 0.25) is 0 Å². The van der Waals surface area contributed by atoms with Crippen LogP contribution in [0.1, 0.15) is 64.9 Å². The fourth-order valence-corrected chi connectivity index (χ4v) is 3.72. The van der Waals surface area contributed by atoms with Crippen LogP contribution in [-0.2, 0) is 0 Å².